The molecule has 0 spiro atoms. The SMILES string of the molecule is CN(CC1CCCCC1)c1ccc(C(=N)N)c(Br)c1. The molecule has 0 aromatic heterocycles. The molecule has 0 aliphatic heterocycles. The highest BCUT2D eigenvalue weighted by Crippen LogP contribution is 2.28. The molecule has 4 heteroatoms. The average Bonchev–Trinajstić information content (AvgIpc) is 2.39. The van der Waals surface area contributed by atoms with E-state index in [2.05, 4.69) is 33.9 Å². The van der Waals surface area contributed by atoms with E-state index in [4.69, 9.17) is 11.1 Å². The van der Waals surface area contributed by atoms with Crippen molar-refractivity contribution in [3.8, 4) is 0 Å². The van der Waals surface area contributed by atoms with Crippen molar-refractivity contribution in [3.05, 3.63) is 28.2 Å². The number of hydrogen-bond acceptors (Lipinski definition) is 2. The first-order chi connectivity index (χ1) is 9.08. The number of nitrogen functional groups attached to an aromatic ring is 1. The van der Waals surface area contributed by atoms with Crippen LogP contribution in [0, 0.1) is 11.3 Å². The monoisotopic (exact) mass is 323 g/mol. The summed E-state index contributed by atoms with van der Waals surface area (Å²) < 4.78 is 0.896. The molecule has 1 aromatic rings. The molecule has 1 fully saturated rings. The molecule has 1 aliphatic rings. The first kappa shape index (κ1) is 14.4. The Balaban J connectivity index is 2.04. The second-order valence-corrected chi connectivity index (χ2v) is 6.32. The Kier molecular flexibility index (Phi) is 4.86. The van der Waals surface area contributed by atoms with Gasteiger partial charge >= 0.3 is 0 Å². The Hall–Kier alpha value is -1.03. The maximum atomic E-state index is 7.49. The molecule has 0 unspecified atom stereocenters. The van der Waals surface area contributed by atoms with E-state index in [9.17, 15) is 0 Å². The van der Waals surface area contributed by atoms with Crippen LogP contribution in [0.15, 0.2) is 22.7 Å². The van der Waals surface area contributed by atoms with Gasteiger partial charge < -0.3 is 10.6 Å². The zero-order valence-electron chi connectivity index (χ0n) is 11.5. The zero-order valence-corrected chi connectivity index (χ0v) is 13.0. The summed E-state index contributed by atoms with van der Waals surface area (Å²) in [6.07, 6.45) is 6.88. The number of amidine groups is 1. The number of halogens is 1. The fraction of sp³-hybridized carbons (Fsp3) is 0.533. The predicted molar refractivity (Wildman–Crippen MR) is 85.0 cm³/mol. The molecule has 0 radical (unpaired) electrons. The second-order valence-electron chi connectivity index (χ2n) is 5.46. The van der Waals surface area contributed by atoms with Gasteiger partial charge in [-0.15, -0.1) is 0 Å². The lowest BCUT2D eigenvalue weighted by molar-refractivity contribution is 0.362. The fourth-order valence-electron chi connectivity index (χ4n) is 2.82. The normalized spacial score (nSPS) is 16.3. The molecule has 19 heavy (non-hydrogen) atoms. The van der Waals surface area contributed by atoms with Gasteiger partial charge in [0, 0.05) is 29.3 Å². The van der Waals surface area contributed by atoms with E-state index >= 15 is 0 Å². The van der Waals surface area contributed by atoms with Crippen LogP contribution in [-0.2, 0) is 0 Å². The summed E-state index contributed by atoms with van der Waals surface area (Å²) in [5, 5.41) is 7.49. The molecule has 1 aromatic carbocycles. The minimum absolute atomic E-state index is 0.105. The van der Waals surface area contributed by atoms with Crippen molar-refractivity contribution in [2.75, 3.05) is 18.5 Å². The van der Waals surface area contributed by atoms with Gasteiger partial charge in [0.25, 0.3) is 0 Å². The topological polar surface area (TPSA) is 53.1 Å². The van der Waals surface area contributed by atoms with Crippen molar-refractivity contribution in [1.82, 2.24) is 0 Å². The van der Waals surface area contributed by atoms with Gasteiger partial charge in [-0.2, -0.15) is 0 Å². The van der Waals surface area contributed by atoms with Crippen LogP contribution in [0.4, 0.5) is 5.69 Å². The van der Waals surface area contributed by atoms with E-state index in [0.717, 1.165) is 22.5 Å². The van der Waals surface area contributed by atoms with E-state index in [0.29, 0.717) is 0 Å². The van der Waals surface area contributed by atoms with Crippen molar-refractivity contribution in [1.29, 1.82) is 5.41 Å². The average molecular weight is 324 g/mol. The van der Waals surface area contributed by atoms with Gasteiger partial charge in [0.2, 0.25) is 0 Å². The third kappa shape index (κ3) is 3.72. The largest absolute Gasteiger partial charge is 0.384 e. The maximum Gasteiger partial charge on any atom is 0.123 e. The van der Waals surface area contributed by atoms with E-state index in [1.54, 1.807) is 0 Å². The first-order valence-corrected chi connectivity index (χ1v) is 7.72. The Morgan fingerprint density at radius 1 is 1.37 bits per heavy atom. The number of hydrogen-bond donors (Lipinski definition) is 2. The van der Waals surface area contributed by atoms with Crippen LogP contribution in [0.3, 0.4) is 0 Å². The number of nitrogens with two attached hydrogens (primary N) is 1. The van der Waals surface area contributed by atoms with Crippen LogP contribution in [0.2, 0.25) is 0 Å². The lowest BCUT2D eigenvalue weighted by Gasteiger charge is -2.28. The van der Waals surface area contributed by atoms with Crippen LogP contribution in [0.5, 0.6) is 0 Å². The Morgan fingerprint density at radius 2 is 2.05 bits per heavy atom. The van der Waals surface area contributed by atoms with Gasteiger partial charge in [0.05, 0.1) is 0 Å². The van der Waals surface area contributed by atoms with Crippen LogP contribution >= 0.6 is 15.9 Å². The summed E-state index contributed by atoms with van der Waals surface area (Å²) in [6, 6.07) is 6.02. The Labute approximate surface area is 123 Å². The van der Waals surface area contributed by atoms with E-state index in [1.165, 1.54) is 37.8 Å². The minimum Gasteiger partial charge on any atom is -0.384 e. The van der Waals surface area contributed by atoms with Crippen molar-refractivity contribution < 1.29 is 0 Å². The van der Waals surface area contributed by atoms with E-state index in [-0.39, 0.29) is 5.84 Å². The molecular formula is C15H22BrN3. The van der Waals surface area contributed by atoms with Crippen LogP contribution in [-0.4, -0.2) is 19.4 Å². The molecule has 1 saturated carbocycles. The van der Waals surface area contributed by atoms with Crippen LogP contribution in [0.25, 0.3) is 0 Å². The highest BCUT2D eigenvalue weighted by Gasteiger charge is 2.16. The molecule has 0 saturated heterocycles. The lowest BCUT2D eigenvalue weighted by atomic mass is 9.89. The third-order valence-electron chi connectivity index (χ3n) is 3.94. The van der Waals surface area contributed by atoms with E-state index < -0.39 is 0 Å². The van der Waals surface area contributed by atoms with Gasteiger partial charge in [-0.1, -0.05) is 19.3 Å². The first-order valence-electron chi connectivity index (χ1n) is 6.93. The Bertz CT molecular complexity index is 453. The standard InChI is InChI=1S/C15H22BrN3/c1-19(10-11-5-3-2-4-6-11)12-7-8-13(15(17)18)14(16)9-12/h7-9,11H,2-6,10H2,1H3,(H3,17,18). The fourth-order valence-corrected chi connectivity index (χ4v) is 3.40. The highest BCUT2D eigenvalue weighted by molar-refractivity contribution is 9.10. The Morgan fingerprint density at radius 3 is 2.63 bits per heavy atom. The van der Waals surface area contributed by atoms with Gasteiger partial charge in [0.1, 0.15) is 5.84 Å². The number of rotatable bonds is 4. The third-order valence-corrected chi connectivity index (χ3v) is 4.60. The number of nitrogens with one attached hydrogen (secondary N) is 1. The van der Waals surface area contributed by atoms with Crippen molar-refractivity contribution >= 4 is 27.5 Å². The molecule has 3 N–H and O–H groups in total. The van der Waals surface area contributed by atoms with Crippen molar-refractivity contribution in [3.63, 3.8) is 0 Å². The van der Waals surface area contributed by atoms with Crippen molar-refractivity contribution in [2.24, 2.45) is 11.7 Å². The molecule has 0 amide bonds. The second kappa shape index (κ2) is 6.42. The van der Waals surface area contributed by atoms with E-state index in [1.807, 2.05) is 12.1 Å². The predicted octanol–water partition coefficient (Wildman–Crippen LogP) is 3.75. The molecular weight excluding hydrogens is 302 g/mol. The summed E-state index contributed by atoms with van der Waals surface area (Å²) in [4.78, 5) is 2.31. The lowest BCUT2D eigenvalue weighted by Crippen LogP contribution is -2.26. The smallest absolute Gasteiger partial charge is 0.123 e. The number of nitrogens with zero attached hydrogens (tertiary/aromatic N) is 1. The summed E-state index contributed by atoms with van der Waals surface area (Å²) in [6.45, 7) is 1.12. The minimum atomic E-state index is 0.105. The van der Waals surface area contributed by atoms with Gasteiger partial charge in [-0.3, -0.25) is 5.41 Å². The summed E-state index contributed by atoms with van der Waals surface area (Å²) in [5.74, 6) is 0.929. The van der Waals surface area contributed by atoms with Gasteiger partial charge in [-0.25, -0.2) is 0 Å². The quantitative estimate of drug-likeness (QED) is 0.655. The maximum absolute atomic E-state index is 7.49. The number of benzene rings is 1. The van der Waals surface area contributed by atoms with Crippen LogP contribution < -0.4 is 10.6 Å². The van der Waals surface area contributed by atoms with Gasteiger partial charge in [0.15, 0.2) is 0 Å². The number of anilines is 1. The molecule has 2 rings (SSSR count). The highest BCUT2D eigenvalue weighted by atomic mass is 79.9. The molecule has 1 aliphatic carbocycles. The summed E-state index contributed by atoms with van der Waals surface area (Å²) >= 11 is 3.49. The molecule has 0 atom stereocenters. The summed E-state index contributed by atoms with van der Waals surface area (Å²) in [5.41, 5.74) is 7.47. The van der Waals surface area contributed by atoms with Crippen molar-refractivity contribution in [2.45, 2.75) is 32.1 Å². The molecule has 0 heterocycles. The van der Waals surface area contributed by atoms with Crippen LogP contribution in [0.1, 0.15) is 37.7 Å². The molecule has 104 valence electrons. The zero-order chi connectivity index (χ0) is 13.8. The molecule has 0 bridgehead atoms. The molecule has 3 nitrogen and oxygen atoms in total. The summed E-state index contributed by atoms with van der Waals surface area (Å²) in [7, 11) is 2.14. The van der Waals surface area contributed by atoms with Gasteiger partial charge in [-0.05, 0) is 52.9 Å².